The Morgan fingerprint density at radius 3 is 1.53 bits per heavy atom. The van der Waals surface area contributed by atoms with E-state index in [4.69, 9.17) is 29.8 Å². The molecule has 0 aromatic carbocycles. The van der Waals surface area contributed by atoms with Crippen LogP contribution in [0.5, 0.6) is 0 Å². The molecular weight excluding hydrogens is 359 g/mol. The van der Waals surface area contributed by atoms with Gasteiger partial charge in [0.05, 0.1) is 0 Å². The van der Waals surface area contributed by atoms with Crippen molar-refractivity contribution in [3.63, 3.8) is 0 Å². The van der Waals surface area contributed by atoms with Crippen LogP contribution in [0.3, 0.4) is 0 Å². The Morgan fingerprint density at radius 2 is 1.37 bits per heavy atom. The Hall–Kier alpha value is 2.04. The molecule has 1 aromatic rings. The van der Waals surface area contributed by atoms with Crippen LogP contribution in [0.4, 0.5) is 0 Å². The van der Waals surface area contributed by atoms with Crippen LogP contribution < -0.4 is 0 Å². The van der Waals surface area contributed by atoms with Crippen molar-refractivity contribution in [3.05, 3.63) is 30.1 Å². The summed E-state index contributed by atoms with van der Waals surface area (Å²) in [5.74, 6) is -0.990. The van der Waals surface area contributed by atoms with E-state index < -0.39 is 5.97 Å². The van der Waals surface area contributed by atoms with Gasteiger partial charge in [-0.05, 0) is 12.1 Å². The summed E-state index contributed by atoms with van der Waals surface area (Å²) in [6, 6.07) is 4.76. The van der Waals surface area contributed by atoms with E-state index in [-0.39, 0.29) is 119 Å². The summed E-state index contributed by atoms with van der Waals surface area (Å²) >= 11 is 1.06. The molecule has 105 valence electrons. The van der Waals surface area contributed by atoms with Gasteiger partial charge in [0.15, 0.2) is 0 Å². The predicted octanol–water partition coefficient (Wildman–Crippen LogP) is -2.25. The average molecular weight is 374 g/mol. The molecule has 1 aromatic heterocycles. The third-order valence-electron chi connectivity index (χ3n) is 0.884. The van der Waals surface area contributed by atoms with E-state index in [0.717, 1.165) is 17.4 Å². The molecule has 0 atom stereocenters. The molecule has 10 nitrogen and oxygen atoms in total. The summed E-state index contributed by atoms with van der Waals surface area (Å²) in [4.78, 5) is 13.7. The molecule has 0 saturated carbocycles. The molecule has 9 N–H and O–H groups in total. The SMILES string of the molecule is O.O.O=C(O)c1ccccn1.OO.OO.[KH].[KH].[O]=[V]. The van der Waals surface area contributed by atoms with E-state index in [1.54, 1.807) is 12.1 Å². The molecule has 0 bridgehead atoms. The van der Waals surface area contributed by atoms with Gasteiger partial charge in [0.2, 0.25) is 0 Å². The number of rotatable bonds is 1. The summed E-state index contributed by atoms with van der Waals surface area (Å²) in [6.07, 6.45) is 1.45. The van der Waals surface area contributed by atoms with E-state index >= 15 is 0 Å². The molecule has 19 heavy (non-hydrogen) atoms. The summed E-state index contributed by atoms with van der Waals surface area (Å²) < 4.78 is 8.19. The average Bonchev–Trinajstić information content (AvgIpc) is 2.38. The summed E-state index contributed by atoms with van der Waals surface area (Å²) in [5, 5.41) is 32.3. The molecule has 1 rings (SSSR count). The first-order valence-electron chi connectivity index (χ1n) is 3.03. The number of hydrogen-bond donors (Lipinski definition) is 5. The number of nitrogens with zero attached hydrogens (tertiary/aromatic N) is 1. The molecule has 0 amide bonds. The number of hydrogen-bond acceptors (Lipinski definition) is 7. The van der Waals surface area contributed by atoms with Crippen LogP contribution in [-0.2, 0) is 21.0 Å². The Kier molecular flexibility index (Phi) is 96.4. The number of aromatic nitrogens is 1. The Bertz CT molecular complexity index is 243. The number of carboxylic acids is 1. The summed E-state index contributed by atoms with van der Waals surface area (Å²) in [5.41, 5.74) is 0.0810. The Labute approximate surface area is 202 Å². The van der Waals surface area contributed by atoms with E-state index in [9.17, 15) is 4.79 Å². The molecule has 0 unspecified atom stereocenters. The second-order valence-corrected chi connectivity index (χ2v) is 1.52. The van der Waals surface area contributed by atoms with Gasteiger partial charge < -0.3 is 16.1 Å². The topological polar surface area (TPSA) is 211 Å². The molecule has 0 aliphatic carbocycles. The zero-order valence-electron chi connectivity index (χ0n) is 8.26. The van der Waals surface area contributed by atoms with Crippen molar-refractivity contribution >= 4 is 109 Å². The van der Waals surface area contributed by atoms with Crippen LogP contribution in [0.15, 0.2) is 24.4 Å². The molecular formula is C6H15K2NO9V. The maximum absolute atomic E-state index is 10.1. The fourth-order valence-corrected chi connectivity index (χ4v) is 0.489. The van der Waals surface area contributed by atoms with Crippen LogP contribution in [0.1, 0.15) is 10.5 Å². The molecule has 0 aliphatic heterocycles. The Balaban J connectivity index is -0.0000000258. The van der Waals surface area contributed by atoms with Crippen LogP contribution in [0.2, 0.25) is 0 Å². The van der Waals surface area contributed by atoms with Crippen molar-refractivity contribution < 1.29 is 62.9 Å². The van der Waals surface area contributed by atoms with Crippen LogP contribution in [0, 0.1) is 0 Å². The standard InChI is InChI=1S/C6H5NO2.2K.2H2O2.2H2O.O.V.2H/c8-6(9)5-3-1-2-4-7-5;;;2*1-2;;;;;;/h1-4H,(H,8,9);;;2*1-2H;2*1H2;;;;. The second-order valence-electron chi connectivity index (χ2n) is 1.52. The van der Waals surface area contributed by atoms with E-state index in [2.05, 4.69) is 4.98 Å². The molecule has 0 saturated heterocycles. The number of aromatic carboxylic acids is 1. The minimum atomic E-state index is -0.990. The van der Waals surface area contributed by atoms with Gasteiger partial charge in [-0.1, -0.05) is 6.07 Å². The van der Waals surface area contributed by atoms with Gasteiger partial charge in [0, 0.05) is 6.20 Å². The second kappa shape index (κ2) is 42.7. The fraction of sp³-hybridized carbons (Fsp3) is 0. The zero-order chi connectivity index (χ0) is 12.7. The first-order valence-corrected chi connectivity index (χ1v) is 3.60. The molecule has 1 heterocycles. The van der Waals surface area contributed by atoms with Crippen molar-refractivity contribution in [2.75, 3.05) is 0 Å². The third kappa shape index (κ3) is 33.1. The van der Waals surface area contributed by atoms with Crippen LogP contribution in [-0.4, -0.2) is 151 Å². The molecule has 0 aliphatic rings. The first-order chi connectivity index (χ1) is 7.30. The van der Waals surface area contributed by atoms with Crippen molar-refractivity contribution in [1.82, 2.24) is 4.98 Å². The maximum atomic E-state index is 10.1. The van der Waals surface area contributed by atoms with Crippen molar-refractivity contribution in [2.24, 2.45) is 0 Å². The van der Waals surface area contributed by atoms with E-state index in [0.29, 0.717) is 0 Å². The monoisotopic (exact) mass is 374 g/mol. The van der Waals surface area contributed by atoms with E-state index in [1.807, 2.05) is 0 Å². The molecule has 0 fully saturated rings. The van der Waals surface area contributed by atoms with Gasteiger partial charge in [-0.2, -0.15) is 0 Å². The summed E-state index contributed by atoms with van der Waals surface area (Å²) in [6.45, 7) is 0. The molecule has 13 heteroatoms. The number of carboxylic acid groups (broad SMARTS) is 1. The van der Waals surface area contributed by atoms with Crippen molar-refractivity contribution in [1.29, 1.82) is 0 Å². The minimum absolute atomic E-state index is 0. The van der Waals surface area contributed by atoms with Crippen LogP contribution >= 0.6 is 0 Å². The fourth-order valence-electron chi connectivity index (χ4n) is 0.489. The van der Waals surface area contributed by atoms with Crippen molar-refractivity contribution in [2.45, 2.75) is 0 Å². The van der Waals surface area contributed by atoms with E-state index in [1.165, 1.54) is 12.3 Å². The first kappa shape index (κ1) is 42.9. The number of pyridine rings is 1. The van der Waals surface area contributed by atoms with Gasteiger partial charge in [-0.25, -0.2) is 9.78 Å². The van der Waals surface area contributed by atoms with Crippen molar-refractivity contribution in [3.8, 4) is 0 Å². The van der Waals surface area contributed by atoms with Gasteiger partial charge in [-0.3, -0.25) is 21.0 Å². The molecule has 0 radical (unpaired) electrons. The third-order valence-corrected chi connectivity index (χ3v) is 0.884. The predicted molar refractivity (Wildman–Crippen MR) is 63.9 cm³/mol. The summed E-state index contributed by atoms with van der Waals surface area (Å²) in [7, 11) is 0. The van der Waals surface area contributed by atoms with Gasteiger partial charge in [-0.15, -0.1) is 0 Å². The van der Waals surface area contributed by atoms with Crippen LogP contribution in [0.25, 0.3) is 0 Å². The normalized spacial score (nSPS) is 5.00. The quantitative estimate of drug-likeness (QED) is 0.205. The Morgan fingerprint density at radius 1 is 1.00 bits per heavy atom. The van der Waals surface area contributed by atoms with Gasteiger partial charge in [0.25, 0.3) is 0 Å². The zero-order valence-corrected chi connectivity index (χ0v) is 9.65. The molecule has 0 spiro atoms. The number of carbonyl (C=O) groups is 1. The van der Waals surface area contributed by atoms with Gasteiger partial charge >= 0.3 is 130 Å². The van der Waals surface area contributed by atoms with Gasteiger partial charge in [0.1, 0.15) is 5.69 Å².